The second kappa shape index (κ2) is 5.14. The molecule has 0 saturated heterocycles. The van der Waals surface area contributed by atoms with Gasteiger partial charge in [0.2, 0.25) is 5.91 Å². The van der Waals surface area contributed by atoms with E-state index in [4.69, 9.17) is 5.26 Å². The molecule has 0 saturated carbocycles. The van der Waals surface area contributed by atoms with Crippen LogP contribution < -0.4 is 4.90 Å². The number of carbonyl (C=O) groups excluding carboxylic acids is 1. The predicted octanol–water partition coefficient (Wildman–Crippen LogP) is 2.43. The number of pyridine rings is 1. The van der Waals surface area contributed by atoms with Crippen LogP contribution in [0.4, 0.5) is 5.69 Å². The summed E-state index contributed by atoms with van der Waals surface area (Å²) in [5.41, 5.74) is 3.46. The van der Waals surface area contributed by atoms with Crippen molar-refractivity contribution < 1.29 is 4.79 Å². The molecular weight excluding hydrogens is 250 g/mol. The molecule has 0 N–H and O–H groups in total. The quantitative estimate of drug-likeness (QED) is 0.836. The number of aromatic nitrogens is 1. The normalized spacial score (nSPS) is 13.8. The Bertz CT molecular complexity index is 703. The van der Waals surface area contributed by atoms with Crippen molar-refractivity contribution in [3.8, 4) is 6.07 Å². The van der Waals surface area contributed by atoms with Gasteiger partial charge in [0.05, 0.1) is 6.54 Å². The third-order valence-electron chi connectivity index (χ3n) is 3.47. The van der Waals surface area contributed by atoms with Crippen LogP contribution in [0.2, 0.25) is 0 Å². The van der Waals surface area contributed by atoms with Gasteiger partial charge in [0, 0.05) is 18.3 Å². The molecule has 0 fully saturated rings. The first-order valence-electron chi connectivity index (χ1n) is 6.51. The summed E-state index contributed by atoms with van der Waals surface area (Å²) in [4.78, 5) is 17.9. The van der Waals surface area contributed by atoms with Crippen LogP contribution in [-0.2, 0) is 17.8 Å². The molecule has 0 spiro atoms. The molecular formula is C16H13N3O. The second-order valence-corrected chi connectivity index (χ2v) is 4.77. The van der Waals surface area contributed by atoms with Crippen LogP contribution in [0.1, 0.15) is 23.2 Å². The number of nitriles is 1. The molecule has 1 aliphatic rings. The standard InChI is InChI=1S/C16H13N3O/c17-10-14-9-12(7-8-18-14)11-19-15-4-2-1-3-13(15)5-6-16(19)20/h1-4,7-9H,5-6,11H2. The molecule has 20 heavy (non-hydrogen) atoms. The number of hydrogen-bond acceptors (Lipinski definition) is 3. The van der Waals surface area contributed by atoms with Crippen LogP contribution in [0.3, 0.4) is 0 Å². The van der Waals surface area contributed by atoms with Crippen LogP contribution in [0.15, 0.2) is 42.6 Å². The highest BCUT2D eigenvalue weighted by atomic mass is 16.2. The van der Waals surface area contributed by atoms with Gasteiger partial charge in [-0.25, -0.2) is 4.98 Å². The largest absolute Gasteiger partial charge is 0.308 e. The summed E-state index contributed by atoms with van der Waals surface area (Å²) in [7, 11) is 0. The maximum atomic E-state index is 12.2. The molecule has 0 bridgehead atoms. The number of rotatable bonds is 2. The highest BCUT2D eigenvalue weighted by Gasteiger charge is 2.23. The van der Waals surface area contributed by atoms with Gasteiger partial charge in [-0.2, -0.15) is 5.26 Å². The molecule has 4 nitrogen and oxygen atoms in total. The molecule has 2 aromatic rings. The molecule has 0 atom stereocenters. The van der Waals surface area contributed by atoms with Gasteiger partial charge >= 0.3 is 0 Å². The molecule has 3 rings (SSSR count). The Labute approximate surface area is 117 Å². The minimum Gasteiger partial charge on any atom is -0.308 e. The van der Waals surface area contributed by atoms with Crippen molar-refractivity contribution in [2.45, 2.75) is 19.4 Å². The Kier molecular flexibility index (Phi) is 3.18. The monoisotopic (exact) mass is 263 g/mol. The van der Waals surface area contributed by atoms with E-state index in [1.165, 1.54) is 5.56 Å². The third kappa shape index (κ3) is 2.26. The van der Waals surface area contributed by atoms with Crippen LogP contribution >= 0.6 is 0 Å². The zero-order valence-corrected chi connectivity index (χ0v) is 10.9. The van der Waals surface area contributed by atoms with E-state index in [2.05, 4.69) is 11.1 Å². The first kappa shape index (κ1) is 12.4. The van der Waals surface area contributed by atoms with Gasteiger partial charge in [-0.15, -0.1) is 0 Å². The van der Waals surface area contributed by atoms with Gasteiger partial charge < -0.3 is 4.90 Å². The van der Waals surface area contributed by atoms with Crippen LogP contribution in [0.5, 0.6) is 0 Å². The molecule has 0 aliphatic carbocycles. The topological polar surface area (TPSA) is 57.0 Å². The molecule has 2 heterocycles. The SMILES string of the molecule is N#Cc1cc(CN2C(=O)CCc3ccccc32)ccn1. The van der Waals surface area contributed by atoms with E-state index in [0.29, 0.717) is 18.7 Å². The van der Waals surface area contributed by atoms with Gasteiger partial charge in [0.1, 0.15) is 11.8 Å². The predicted molar refractivity (Wildman–Crippen MR) is 74.9 cm³/mol. The van der Waals surface area contributed by atoms with E-state index in [1.54, 1.807) is 17.2 Å². The average Bonchev–Trinajstić information content (AvgIpc) is 2.50. The molecule has 1 aliphatic heterocycles. The first-order chi connectivity index (χ1) is 9.78. The number of nitrogens with zero attached hydrogens (tertiary/aromatic N) is 3. The number of amides is 1. The summed E-state index contributed by atoms with van der Waals surface area (Å²) in [6.45, 7) is 0.479. The maximum Gasteiger partial charge on any atom is 0.227 e. The van der Waals surface area contributed by atoms with Gasteiger partial charge in [-0.3, -0.25) is 4.79 Å². The highest BCUT2D eigenvalue weighted by molar-refractivity contribution is 5.96. The Morgan fingerprint density at radius 3 is 2.95 bits per heavy atom. The second-order valence-electron chi connectivity index (χ2n) is 4.77. The third-order valence-corrected chi connectivity index (χ3v) is 3.47. The fourth-order valence-electron chi connectivity index (χ4n) is 2.49. The number of hydrogen-bond donors (Lipinski definition) is 0. The number of carbonyl (C=O) groups is 1. The molecule has 1 aromatic carbocycles. The number of para-hydroxylation sites is 1. The highest BCUT2D eigenvalue weighted by Crippen LogP contribution is 2.28. The molecule has 0 radical (unpaired) electrons. The summed E-state index contributed by atoms with van der Waals surface area (Å²) < 4.78 is 0. The maximum absolute atomic E-state index is 12.2. The minimum absolute atomic E-state index is 0.124. The van der Waals surface area contributed by atoms with Gasteiger partial charge in [0.25, 0.3) is 0 Å². The molecule has 1 aromatic heterocycles. The fourth-order valence-corrected chi connectivity index (χ4v) is 2.49. The zero-order valence-electron chi connectivity index (χ0n) is 10.9. The minimum atomic E-state index is 0.124. The summed E-state index contributed by atoms with van der Waals surface area (Å²) >= 11 is 0. The number of fused-ring (bicyclic) bond motifs is 1. The van der Waals surface area contributed by atoms with Gasteiger partial charge in [0.15, 0.2) is 0 Å². The van der Waals surface area contributed by atoms with E-state index in [9.17, 15) is 4.79 Å². The summed E-state index contributed by atoms with van der Waals surface area (Å²) in [5, 5.41) is 8.88. The van der Waals surface area contributed by atoms with Crippen molar-refractivity contribution in [3.63, 3.8) is 0 Å². The van der Waals surface area contributed by atoms with Crippen molar-refractivity contribution >= 4 is 11.6 Å². The average molecular weight is 263 g/mol. The lowest BCUT2D eigenvalue weighted by atomic mass is 10.0. The lowest BCUT2D eigenvalue weighted by Crippen LogP contribution is -2.34. The smallest absolute Gasteiger partial charge is 0.227 e. The number of aryl methyl sites for hydroxylation is 1. The zero-order chi connectivity index (χ0) is 13.9. The van der Waals surface area contributed by atoms with E-state index in [-0.39, 0.29) is 5.91 Å². The molecule has 4 heteroatoms. The van der Waals surface area contributed by atoms with Crippen molar-refractivity contribution in [2.75, 3.05) is 4.90 Å². The first-order valence-corrected chi connectivity index (χ1v) is 6.51. The van der Waals surface area contributed by atoms with Gasteiger partial charge in [-0.1, -0.05) is 18.2 Å². The van der Waals surface area contributed by atoms with Gasteiger partial charge in [-0.05, 0) is 35.7 Å². The Morgan fingerprint density at radius 1 is 1.25 bits per heavy atom. The van der Waals surface area contributed by atoms with E-state index >= 15 is 0 Å². The van der Waals surface area contributed by atoms with E-state index < -0.39 is 0 Å². The fraction of sp³-hybridized carbons (Fsp3) is 0.188. The number of benzene rings is 1. The van der Waals surface area contributed by atoms with Crippen molar-refractivity contribution in [3.05, 3.63) is 59.4 Å². The van der Waals surface area contributed by atoms with Crippen molar-refractivity contribution in [2.24, 2.45) is 0 Å². The Morgan fingerprint density at radius 2 is 2.10 bits per heavy atom. The van der Waals surface area contributed by atoms with Crippen LogP contribution in [-0.4, -0.2) is 10.9 Å². The van der Waals surface area contributed by atoms with E-state index in [0.717, 1.165) is 17.7 Å². The summed E-state index contributed by atoms with van der Waals surface area (Å²) in [6, 6.07) is 13.5. The van der Waals surface area contributed by atoms with Crippen molar-refractivity contribution in [1.29, 1.82) is 5.26 Å². The molecule has 98 valence electrons. The Hall–Kier alpha value is -2.67. The van der Waals surface area contributed by atoms with Crippen LogP contribution in [0.25, 0.3) is 0 Å². The van der Waals surface area contributed by atoms with Crippen LogP contribution in [0, 0.1) is 11.3 Å². The lowest BCUT2D eigenvalue weighted by Gasteiger charge is -2.29. The molecule has 1 amide bonds. The number of anilines is 1. The summed E-state index contributed by atoms with van der Waals surface area (Å²) in [5.74, 6) is 0.124. The molecule has 0 unspecified atom stereocenters. The lowest BCUT2D eigenvalue weighted by molar-refractivity contribution is -0.119. The van der Waals surface area contributed by atoms with E-state index in [1.807, 2.05) is 30.3 Å². The summed E-state index contributed by atoms with van der Waals surface area (Å²) in [6.07, 6.45) is 2.94. The van der Waals surface area contributed by atoms with Crippen molar-refractivity contribution in [1.82, 2.24) is 4.98 Å². The Balaban J connectivity index is 1.94.